The maximum absolute atomic E-state index is 12.3. The summed E-state index contributed by atoms with van der Waals surface area (Å²) in [6.45, 7) is 2.29. The van der Waals surface area contributed by atoms with E-state index in [2.05, 4.69) is 23.3 Å². The maximum atomic E-state index is 12.3. The zero-order valence-electron chi connectivity index (χ0n) is 21.9. The standard InChI is InChI=1S/C30H49N3O/c1-2-3-4-5-6-7-8-9-10-11-12-13-14-15-16-17-18-19-20-21-22-27-30(34)33-29-26-24-23-25-28(29)31-32-33/h21-26H,2-20,27H2,1H3/b22-21+. The number of carbonyl (C=O) groups excluding carboxylic acids is 1. The van der Waals surface area contributed by atoms with Crippen LogP contribution in [0.3, 0.4) is 0 Å². The molecule has 0 unspecified atom stereocenters. The van der Waals surface area contributed by atoms with Crippen molar-refractivity contribution in [2.45, 2.75) is 135 Å². The molecule has 2 aromatic rings. The molecule has 0 aliphatic heterocycles. The number of hydrogen-bond acceptors (Lipinski definition) is 3. The summed E-state index contributed by atoms with van der Waals surface area (Å²) in [6, 6.07) is 7.57. The Morgan fingerprint density at radius 3 is 1.76 bits per heavy atom. The highest BCUT2D eigenvalue weighted by Crippen LogP contribution is 2.15. The van der Waals surface area contributed by atoms with Crippen LogP contribution in [0, 0.1) is 0 Å². The van der Waals surface area contributed by atoms with Crippen LogP contribution >= 0.6 is 0 Å². The lowest BCUT2D eigenvalue weighted by molar-refractivity contribution is 0.0904. The number of hydrogen-bond donors (Lipinski definition) is 0. The summed E-state index contributed by atoms with van der Waals surface area (Å²) in [6.07, 6.45) is 30.8. The fourth-order valence-electron chi connectivity index (χ4n) is 4.61. The molecule has 2 rings (SSSR count). The summed E-state index contributed by atoms with van der Waals surface area (Å²) in [7, 11) is 0. The van der Waals surface area contributed by atoms with Crippen molar-refractivity contribution in [1.82, 2.24) is 15.0 Å². The molecule has 1 aromatic carbocycles. The molecule has 4 heteroatoms. The highest BCUT2D eigenvalue weighted by molar-refractivity contribution is 5.89. The minimum atomic E-state index is -0.0252. The first-order valence-electron chi connectivity index (χ1n) is 14.3. The lowest BCUT2D eigenvalue weighted by Crippen LogP contribution is -2.10. The van der Waals surface area contributed by atoms with Gasteiger partial charge in [0.2, 0.25) is 0 Å². The van der Waals surface area contributed by atoms with Crippen LogP contribution in [0.5, 0.6) is 0 Å². The topological polar surface area (TPSA) is 47.8 Å². The number of benzene rings is 1. The van der Waals surface area contributed by atoms with E-state index in [4.69, 9.17) is 0 Å². The molecule has 0 spiro atoms. The van der Waals surface area contributed by atoms with Gasteiger partial charge in [-0.2, -0.15) is 4.68 Å². The summed E-state index contributed by atoms with van der Waals surface area (Å²) in [5.74, 6) is -0.0252. The largest absolute Gasteiger partial charge is 0.272 e. The first-order valence-corrected chi connectivity index (χ1v) is 14.3. The Bertz CT molecular complexity index is 795. The van der Waals surface area contributed by atoms with Crippen molar-refractivity contribution in [3.05, 3.63) is 36.4 Å². The van der Waals surface area contributed by atoms with Gasteiger partial charge >= 0.3 is 0 Å². The van der Waals surface area contributed by atoms with Gasteiger partial charge in [-0.05, 0) is 25.0 Å². The Balaban J connectivity index is 1.32. The van der Waals surface area contributed by atoms with Gasteiger partial charge in [-0.3, -0.25) is 4.79 Å². The second-order valence-corrected chi connectivity index (χ2v) is 9.86. The first kappa shape index (κ1) is 28.3. The molecule has 0 fully saturated rings. The van der Waals surface area contributed by atoms with Crippen molar-refractivity contribution in [2.75, 3.05) is 0 Å². The Labute approximate surface area is 208 Å². The number of fused-ring (bicyclic) bond motifs is 1. The second kappa shape index (κ2) is 19.3. The molecule has 0 saturated heterocycles. The van der Waals surface area contributed by atoms with Gasteiger partial charge in [0.05, 0.1) is 5.52 Å². The van der Waals surface area contributed by atoms with Crippen LogP contribution in [0.15, 0.2) is 36.4 Å². The van der Waals surface area contributed by atoms with E-state index in [0.717, 1.165) is 17.5 Å². The Kier molecular flexibility index (Phi) is 16.1. The second-order valence-electron chi connectivity index (χ2n) is 9.86. The van der Waals surface area contributed by atoms with Crippen molar-refractivity contribution in [1.29, 1.82) is 0 Å². The molecule has 0 atom stereocenters. The lowest BCUT2D eigenvalue weighted by atomic mass is 10.0. The predicted molar refractivity (Wildman–Crippen MR) is 145 cm³/mol. The number of carbonyl (C=O) groups is 1. The third-order valence-electron chi connectivity index (χ3n) is 6.77. The number of aromatic nitrogens is 3. The summed E-state index contributed by atoms with van der Waals surface area (Å²) in [5.41, 5.74) is 1.54. The van der Waals surface area contributed by atoms with E-state index in [1.54, 1.807) is 0 Å². The van der Waals surface area contributed by atoms with E-state index >= 15 is 0 Å². The van der Waals surface area contributed by atoms with E-state index < -0.39 is 0 Å². The van der Waals surface area contributed by atoms with E-state index in [-0.39, 0.29) is 5.91 Å². The van der Waals surface area contributed by atoms with Gasteiger partial charge in [0.15, 0.2) is 0 Å². The Morgan fingerprint density at radius 2 is 1.21 bits per heavy atom. The minimum absolute atomic E-state index is 0.0252. The molecule has 1 aromatic heterocycles. The molecule has 4 nitrogen and oxygen atoms in total. The molecule has 0 bridgehead atoms. The molecular formula is C30H49N3O. The van der Waals surface area contributed by atoms with Crippen molar-refractivity contribution < 1.29 is 4.79 Å². The maximum Gasteiger partial charge on any atom is 0.252 e. The van der Waals surface area contributed by atoms with Crippen molar-refractivity contribution in [3.63, 3.8) is 0 Å². The number of unbranched alkanes of at least 4 members (excludes halogenated alkanes) is 18. The SMILES string of the molecule is CCCCCCCCCCCCCCCCCCCC/C=C/CC(=O)n1nnc2ccccc21. The molecule has 0 aliphatic rings. The highest BCUT2D eigenvalue weighted by Gasteiger charge is 2.09. The Hall–Kier alpha value is -1.97. The molecule has 1 heterocycles. The number of allylic oxidation sites excluding steroid dienone is 2. The summed E-state index contributed by atoms with van der Waals surface area (Å²) in [5, 5.41) is 8.03. The van der Waals surface area contributed by atoms with Crippen LogP contribution in [0.1, 0.15) is 140 Å². The monoisotopic (exact) mass is 467 g/mol. The van der Waals surface area contributed by atoms with Gasteiger partial charge in [0, 0.05) is 6.42 Å². The van der Waals surface area contributed by atoms with E-state index in [0.29, 0.717) is 6.42 Å². The lowest BCUT2D eigenvalue weighted by Gasteiger charge is -2.03. The average Bonchev–Trinajstić information content (AvgIpc) is 3.29. The average molecular weight is 468 g/mol. The van der Waals surface area contributed by atoms with Crippen molar-refractivity contribution in [3.8, 4) is 0 Å². The molecule has 0 saturated carbocycles. The Morgan fingerprint density at radius 1 is 0.706 bits per heavy atom. The summed E-state index contributed by atoms with van der Waals surface area (Å²) < 4.78 is 1.41. The molecule has 0 aliphatic carbocycles. The number of para-hydroxylation sites is 1. The summed E-state index contributed by atoms with van der Waals surface area (Å²) in [4.78, 5) is 12.3. The fourth-order valence-corrected chi connectivity index (χ4v) is 4.61. The quantitative estimate of drug-likeness (QED) is 0.136. The zero-order valence-corrected chi connectivity index (χ0v) is 21.9. The van der Waals surface area contributed by atoms with Gasteiger partial charge in [-0.25, -0.2) is 0 Å². The zero-order chi connectivity index (χ0) is 24.1. The van der Waals surface area contributed by atoms with Gasteiger partial charge < -0.3 is 0 Å². The van der Waals surface area contributed by atoms with E-state index in [1.165, 1.54) is 120 Å². The predicted octanol–water partition coefficient (Wildman–Crippen LogP) is 9.45. The van der Waals surface area contributed by atoms with Crippen LogP contribution in [0.2, 0.25) is 0 Å². The fraction of sp³-hybridized carbons (Fsp3) is 0.700. The van der Waals surface area contributed by atoms with Gasteiger partial charge in [-0.15, -0.1) is 5.10 Å². The van der Waals surface area contributed by atoms with Crippen LogP contribution in [0.4, 0.5) is 0 Å². The summed E-state index contributed by atoms with van der Waals surface area (Å²) >= 11 is 0. The highest BCUT2D eigenvalue weighted by atomic mass is 16.2. The van der Waals surface area contributed by atoms with E-state index in [9.17, 15) is 4.79 Å². The van der Waals surface area contributed by atoms with Crippen LogP contribution < -0.4 is 0 Å². The van der Waals surface area contributed by atoms with Crippen LogP contribution in [-0.2, 0) is 0 Å². The van der Waals surface area contributed by atoms with Gasteiger partial charge in [0.25, 0.3) is 5.91 Å². The third kappa shape index (κ3) is 12.5. The minimum Gasteiger partial charge on any atom is -0.272 e. The van der Waals surface area contributed by atoms with E-state index in [1.807, 2.05) is 30.3 Å². The molecule has 190 valence electrons. The number of rotatable bonds is 21. The van der Waals surface area contributed by atoms with Crippen LogP contribution in [-0.4, -0.2) is 20.9 Å². The molecule has 0 radical (unpaired) electrons. The number of nitrogens with zero attached hydrogens (tertiary/aromatic N) is 3. The smallest absolute Gasteiger partial charge is 0.252 e. The van der Waals surface area contributed by atoms with Crippen molar-refractivity contribution >= 4 is 16.9 Å². The van der Waals surface area contributed by atoms with Crippen molar-refractivity contribution in [2.24, 2.45) is 0 Å². The first-order chi connectivity index (χ1) is 16.8. The normalized spacial score (nSPS) is 11.7. The molecule has 34 heavy (non-hydrogen) atoms. The molecular weight excluding hydrogens is 418 g/mol. The molecule has 0 N–H and O–H groups in total. The third-order valence-corrected chi connectivity index (χ3v) is 6.77. The van der Waals surface area contributed by atoms with Gasteiger partial charge in [0.1, 0.15) is 5.52 Å². The molecule has 0 amide bonds. The van der Waals surface area contributed by atoms with Crippen LogP contribution in [0.25, 0.3) is 11.0 Å². The van der Waals surface area contributed by atoms with Gasteiger partial charge in [-0.1, -0.05) is 146 Å².